The Morgan fingerprint density at radius 3 is 2.63 bits per heavy atom. The molecule has 1 spiro atoms. The fraction of sp³-hybridized carbons (Fsp3) is 0.533. The summed E-state index contributed by atoms with van der Waals surface area (Å²) in [5.41, 5.74) is 1.64. The molecule has 1 aliphatic carbocycles. The van der Waals surface area contributed by atoms with E-state index in [2.05, 4.69) is 24.1 Å². The molecule has 0 unspecified atom stereocenters. The molecule has 1 N–H and O–H groups in total. The SMILES string of the molecule is COc1ccc2c(c1)NC(=O)C1(CCC1)N2C(C)C. The molecule has 0 aromatic heterocycles. The number of ether oxygens (including phenoxy) is 1. The van der Waals surface area contributed by atoms with Crippen LogP contribution in [0.25, 0.3) is 0 Å². The van der Waals surface area contributed by atoms with Crippen molar-refractivity contribution in [2.45, 2.75) is 44.7 Å². The van der Waals surface area contributed by atoms with Gasteiger partial charge in [-0.15, -0.1) is 0 Å². The lowest BCUT2D eigenvalue weighted by Gasteiger charge is -2.54. The number of fused-ring (bicyclic) bond motifs is 1. The van der Waals surface area contributed by atoms with Crippen LogP contribution in [0, 0.1) is 0 Å². The van der Waals surface area contributed by atoms with Crippen molar-refractivity contribution in [1.82, 2.24) is 0 Å². The van der Waals surface area contributed by atoms with Gasteiger partial charge in [0.1, 0.15) is 11.3 Å². The van der Waals surface area contributed by atoms with Gasteiger partial charge < -0.3 is 15.0 Å². The lowest BCUT2D eigenvalue weighted by Crippen LogP contribution is -2.65. The van der Waals surface area contributed by atoms with Crippen LogP contribution >= 0.6 is 0 Å². The largest absolute Gasteiger partial charge is 0.497 e. The highest BCUT2D eigenvalue weighted by atomic mass is 16.5. The number of hydrogen-bond donors (Lipinski definition) is 1. The molecule has 4 nitrogen and oxygen atoms in total. The van der Waals surface area contributed by atoms with E-state index >= 15 is 0 Å². The van der Waals surface area contributed by atoms with Crippen molar-refractivity contribution in [3.05, 3.63) is 18.2 Å². The Labute approximate surface area is 113 Å². The van der Waals surface area contributed by atoms with Crippen molar-refractivity contribution < 1.29 is 9.53 Å². The van der Waals surface area contributed by atoms with Crippen LogP contribution in [0.1, 0.15) is 33.1 Å². The standard InChI is InChI=1S/C15H20N2O2/c1-10(2)17-13-6-5-11(19-3)9-12(13)16-14(18)15(17)7-4-8-15/h5-6,9-10H,4,7-8H2,1-3H3,(H,16,18). The quantitative estimate of drug-likeness (QED) is 0.889. The summed E-state index contributed by atoms with van der Waals surface area (Å²) >= 11 is 0. The van der Waals surface area contributed by atoms with Crippen LogP contribution in [0.15, 0.2) is 18.2 Å². The summed E-state index contributed by atoms with van der Waals surface area (Å²) in [6.07, 6.45) is 3.02. The molecule has 1 saturated carbocycles. The predicted octanol–water partition coefficient (Wildman–Crippen LogP) is 2.78. The molecule has 0 radical (unpaired) electrons. The summed E-state index contributed by atoms with van der Waals surface area (Å²) in [7, 11) is 1.64. The maximum atomic E-state index is 12.5. The Morgan fingerprint density at radius 1 is 1.37 bits per heavy atom. The van der Waals surface area contributed by atoms with Gasteiger partial charge in [-0.05, 0) is 45.2 Å². The molecular formula is C15H20N2O2. The molecule has 4 heteroatoms. The average Bonchev–Trinajstić information content (AvgIpc) is 2.33. The highest BCUT2D eigenvalue weighted by Crippen LogP contribution is 2.48. The van der Waals surface area contributed by atoms with Gasteiger partial charge in [0, 0.05) is 12.1 Å². The van der Waals surface area contributed by atoms with Crippen molar-refractivity contribution in [1.29, 1.82) is 0 Å². The zero-order valence-electron chi connectivity index (χ0n) is 11.7. The minimum absolute atomic E-state index is 0.133. The number of hydrogen-bond acceptors (Lipinski definition) is 3. The van der Waals surface area contributed by atoms with Crippen molar-refractivity contribution in [3.8, 4) is 5.75 Å². The molecule has 1 amide bonds. The van der Waals surface area contributed by atoms with E-state index in [9.17, 15) is 4.79 Å². The second-order valence-corrected chi connectivity index (χ2v) is 5.69. The van der Waals surface area contributed by atoms with Gasteiger partial charge in [-0.2, -0.15) is 0 Å². The molecule has 0 saturated heterocycles. The summed E-state index contributed by atoms with van der Waals surface area (Å²) in [6, 6.07) is 6.21. The lowest BCUT2D eigenvalue weighted by molar-refractivity contribution is -0.124. The van der Waals surface area contributed by atoms with Gasteiger partial charge in [0.05, 0.1) is 18.5 Å². The normalized spacial score (nSPS) is 20.0. The Kier molecular flexibility index (Phi) is 2.69. The minimum Gasteiger partial charge on any atom is -0.497 e. The van der Waals surface area contributed by atoms with Gasteiger partial charge in [0.2, 0.25) is 5.91 Å². The number of carbonyl (C=O) groups excluding carboxylic acids is 1. The zero-order chi connectivity index (χ0) is 13.6. The number of anilines is 2. The van der Waals surface area contributed by atoms with E-state index in [1.807, 2.05) is 18.2 Å². The van der Waals surface area contributed by atoms with Gasteiger partial charge in [0.25, 0.3) is 0 Å². The number of nitrogens with zero attached hydrogens (tertiary/aromatic N) is 1. The van der Waals surface area contributed by atoms with Gasteiger partial charge in [-0.3, -0.25) is 4.79 Å². The van der Waals surface area contributed by atoms with Crippen molar-refractivity contribution in [2.24, 2.45) is 0 Å². The van der Waals surface area contributed by atoms with Gasteiger partial charge in [-0.25, -0.2) is 0 Å². The van der Waals surface area contributed by atoms with Gasteiger partial charge in [-0.1, -0.05) is 0 Å². The summed E-state index contributed by atoms with van der Waals surface area (Å²) in [6.45, 7) is 4.29. The van der Waals surface area contributed by atoms with Crippen LogP contribution in [-0.4, -0.2) is 24.6 Å². The number of rotatable bonds is 2. The second-order valence-electron chi connectivity index (χ2n) is 5.69. The third-order valence-corrected chi connectivity index (χ3v) is 4.29. The summed E-state index contributed by atoms with van der Waals surface area (Å²) in [4.78, 5) is 14.8. The average molecular weight is 260 g/mol. The second kappa shape index (κ2) is 4.15. The van der Waals surface area contributed by atoms with Crippen molar-refractivity contribution in [2.75, 3.05) is 17.3 Å². The molecule has 19 heavy (non-hydrogen) atoms. The maximum Gasteiger partial charge on any atom is 0.250 e. The minimum atomic E-state index is -0.324. The summed E-state index contributed by atoms with van der Waals surface area (Å²) < 4.78 is 5.23. The lowest BCUT2D eigenvalue weighted by atomic mass is 9.72. The van der Waals surface area contributed by atoms with E-state index in [1.54, 1.807) is 7.11 Å². The molecule has 3 rings (SSSR count). The third kappa shape index (κ3) is 1.62. The molecular weight excluding hydrogens is 240 g/mol. The number of nitrogens with one attached hydrogen (secondary N) is 1. The molecule has 2 aliphatic rings. The topological polar surface area (TPSA) is 41.6 Å². The van der Waals surface area contributed by atoms with Crippen LogP contribution in [0.2, 0.25) is 0 Å². The maximum absolute atomic E-state index is 12.5. The molecule has 1 aliphatic heterocycles. The van der Waals surface area contributed by atoms with E-state index in [0.29, 0.717) is 6.04 Å². The molecule has 1 aromatic carbocycles. The Morgan fingerprint density at radius 2 is 2.11 bits per heavy atom. The first kappa shape index (κ1) is 12.3. The Hall–Kier alpha value is -1.71. The van der Waals surface area contributed by atoms with E-state index in [-0.39, 0.29) is 11.4 Å². The number of benzene rings is 1. The molecule has 0 atom stereocenters. The van der Waals surface area contributed by atoms with Crippen molar-refractivity contribution >= 4 is 17.3 Å². The van der Waals surface area contributed by atoms with Crippen LogP contribution in [0.3, 0.4) is 0 Å². The summed E-state index contributed by atoms with van der Waals surface area (Å²) in [5.74, 6) is 0.903. The number of amides is 1. The van der Waals surface area contributed by atoms with Crippen molar-refractivity contribution in [3.63, 3.8) is 0 Å². The predicted molar refractivity (Wildman–Crippen MR) is 75.8 cm³/mol. The number of methoxy groups -OCH3 is 1. The third-order valence-electron chi connectivity index (χ3n) is 4.29. The Bertz CT molecular complexity index is 521. The van der Waals surface area contributed by atoms with Crippen LogP contribution in [0.5, 0.6) is 5.75 Å². The molecule has 1 heterocycles. The molecule has 1 aromatic rings. The summed E-state index contributed by atoms with van der Waals surface area (Å²) in [5, 5.41) is 3.05. The number of carbonyl (C=O) groups is 1. The monoisotopic (exact) mass is 260 g/mol. The van der Waals surface area contributed by atoms with Gasteiger partial charge in [0.15, 0.2) is 0 Å². The highest BCUT2D eigenvalue weighted by molar-refractivity contribution is 6.07. The van der Waals surface area contributed by atoms with E-state index in [0.717, 1.165) is 36.4 Å². The fourth-order valence-electron chi connectivity index (χ4n) is 3.28. The fourth-order valence-corrected chi connectivity index (χ4v) is 3.28. The molecule has 0 bridgehead atoms. The van der Waals surface area contributed by atoms with E-state index < -0.39 is 0 Å². The Balaban J connectivity index is 2.11. The van der Waals surface area contributed by atoms with Crippen LogP contribution in [-0.2, 0) is 4.79 Å². The smallest absolute Gasteiger partial charge is 0.250 e. The first-order chi connectivity index (χ1) is 9.08. The van der Waals surface area contributed by atoms with E-state index in [4.69, 9.17) is 4.74 Å². The molecule has 1 fully saturated rings. The first-order valence-electron chi connectivity index (χ1n) is 6.87. The highest BCUT2D eigenvalue weighted by Gasteiger charge is 2.52. The van der Waals surface area contributed by atoms with Gasteiger partial charge >= 0.3 is 0 Å². The van der Waals surface area contributed by atoms with Crippen LogP contribution in [0.4, 0.5) is 11.4 Å². The molecule has 102 valence electrons. The van der Waals surface area contributed by atoms with Crippen LogP contribution < -0.4 is 15.0 Å². The zero-order valence-corrected chi connectivity index (χ0v) is 11.7. The van der Waals surface area contributed by atoms with E-state index in [1.165, 1.54) is 0 Å². The first-order valence-corrected chi connectivity index (χ1v) is 6.87.